The third kappa shape index (κ3) is 5.41. The zero-order valence-corrected chi connectivity index (χ0v) is 33.7. The van der Waals surface area contributed by atoms with Gasteiger partial charge >= 0.3 is 0 Å². The third-order valence-corrected chi connectivity index (χ3v) is 11.4. The Hall–Kier alpha value is -6.55. The molecule has 7 aromatic carbocycles. The van der Waals surface area contributed by atoms with Gasteiger partial charge in [0.2, 0.25) is 0 Å². The van der Waals surface area contributed by atoms with E-state index in [1.807, 2.05) is 24.4 Å². The molecule has 0 amide bonds. The van der Waals surface area contributed by atoms with E-state index >= 15 is 0 Å². The molecule has 0 unspecified atom stereocenters. The van der Waals surface area contributed by atoms with E-state index in [1.165, 1.54) is 33.4 Å². The van der Waals surface area contributed by atoms with Gasteiger partial charge in [0, 0.05) is 44.3 Å². The largest absolute Gasteiger partial charge is 0.510 e. The van der Waals surface area contributed by atoms with Gasteiger partial charge in [-0.15, -0.1) is 29.7 Å². The molecule has 5 nitrogen and oxygen atoms in total. The van der Waals surface area contributed by atoms with Crippen molar-refractivity contribution in [2.75, 3.05) is 0 Å². The number of aryl methyl sites for hydroxylation is 1. The van der Waals surface area contributed by atoms with Crippen LogP contribution in [0.2, 0.25) is 0 Å². The predicted molar refractivity (Wildman–Crippen MR) is 224 cm³/mol. The molecule has 57 heavy (non-hydrogen) atoms. The summed E-state index contributed by atoms with van der Waals surface area (Å²) >= 11 is 0. The van der Waals surface area contributed by atoms with Crippen molar-refractivity contribution in [2.45, 2.75) is 20.8 Å². The van der Waals surface area contributed by atoms with Gasteiger partial charge in [0.1, 0.15) is 5.82 Å². The molecule has 11 rings (SSSR count). The van der Waals surface area contributed by atoms with Gasteiger partial charge in [-0.2, -0.15) is 18.2 Å². The zero-order valence-electron chi connectivity index (χ0n) is 31.4. The van der Waals surface area contributed by atoms with Crippen LogP contribution in [0.15, 0.2) is 152 Å². The fourth-order valence-electron chi connectivity index (χ4n) is 8.47. The van der Waals surface area contributed by atoms with Crippen molar-refractivity contribution in [3.05, 3.63) is 187 Å². The summed E-state index contributed by atoms with van der Waals surface area (Å²) in [7, 11) is 0. The monoisotopic (exact) mass is 913 g/mol. The topological polar surface area (TPSA) is 35.9 Å². The molecule has 0 bridgehead atoms. The molecule has 0 saturated heterocycles. The first-order chi connectivity index (χ1) is 27.5. The van der Waals surface area contributed by atoms with Crippen LogP contribution in [0.3, 0.4) is 0 Å². The molecule has 0 aliphatic carbocycles. The van der Waals surface area contributed by atoms with Crippen LogP contribution in [0.1, 0.15) is 16.7 Å². The summed E-state index contributed by atoms with van der Waals surface area (Å²) in [6.07, 6.45) is 5.71. The van der Waals surface area contributed by atoms with Gasteiger partial charge in [-0.25, -0.2) is 4.98 Å². The number of ether oxygens (including phenoxy) is 1. The van der Waals surface area contributed by atoms with Gasteiger partial charge < -0.3 is 13.9 Å². The number of nitrogens with zero attached hydrogens (tertiary/aromatic N) is 4. The second-order valence-electron chi connectivity index (χ2n) is 14.5. The summed E-state index contributed by atoms with van der Waals surface area (Å²) < 4.78 is 13.1. The van der Waals surface area contributed by atoms with Crippen molar-refractivity contribution >= 4 is 32.8 Å². The Bertz CT molecular complexity index is 3230. The average molecular weight is 914 g/mol. The molecule has 4 heterocycles. The first kappa shape index (κ1) is 34.9. The fraction of sp³-hybridized carbons (Fsp3) is 0.0588. The summed E-state index contributed by atoms with van der Waals surface area (Å²) in [5.41, 5.74) is 16.6. The zero-order chi connectivity index (χ0) is 37.5. The molecule has 276 valence electrons. The molecule has 1 aliphatic rings. The molecule has 0 fully saturated rings. The van der Waals surface area contributed by atoms with Gasteiger partial charge in [-0.1, -0.05) is 109 Å². The molecule has 10 aromatic rings. The number of rotatable bonds is 4. The Morgan fingerprint density at radius 1 is 0.544 bits per heavy atom. The van der Waals surface area contributed by atoms with Crippen molar-refractivity contribution in [1.29, 1.82) is 0 Å². The second kappa shape index (κ2) is 13.6. The van der Waals surface area contributed by atoms with Crippen molar-refractivity contribution < 1.29 is 30.4 Å². The van der Waals surface area contributed by atoms with E-state index in [9.17, 15) is 0 Å². The Balaban J connectivity index is 0.00000396. The van der Waals surface area contributed by atoms with Crippen LogP contribution in [0, 0.1) is 39.2 Å². The minimum atomic E-state index is 0. The average Bonchev–Trinajstić information content (AvgIpc) is 3.80. The number of benzene rings is 7. The van der Waals surface area contributed by atoms with E-state index < -0.39 is 0 Å². The summed E-state index contributed by atoms with van der Waals surface area (Å²) in [6.45, 7) is 6.41. The first-order valence-electron chi connectivity index (χ1n) is 18.9. The number of fused-ring (bicyclic) bond motifs is 10. The molecular formula is C51H34N4OPt-2. The number of hydrogen-bond donors (Lipinski definition) is 0. The van der Waals surface area contributed by atoms with E-state index in [2.05, 4.69) is 180 Å². The molecule has 0 spiro atoms. The molecule has 3 aromatic heterocycles. The maximum atomic E-state index is 6.61. The number of imidazole rings is 1. The summed E-state index contributed by atoms with van der Waals surface area (Å²) in [5, 5.41) is 2.24. The van der Waals surface area contributed by atoms with Crippen molar-refractivity contribution in [2.24, 2.45) is 0 Å². The molecule has 0 saturated carbocycles. The maximum Gasteiger partial charge on any atom is 0.268 e. The Morgan fingerprint density at radius 3 is 1.95 bits per heavy atom. The number of hydrogen-bond acceptors (Lipinski definition) is 2. The van der Waals surface area contributed by atoms with Crippen LogP contribution in [-0.2, 0) is 21.1 Å². The van der Waals surface area contributed by atoms with Gasteiger partial charge in [-0.3, -0.25) is 4.57 Å². The van der Waals surface area contributed by atoms with E-state index in [1.54, 1.807) is 0 Å². The van der Waals surface area contributed by atoms with E-state index in [0.717, 1.165) is 66.7 Å². The van der Waals surface area contributed by atoms with Crippen molar-refractivity contribution in [1.82, 2.24) is 14.1 Å². The van der Waals surface area contributed by atoms with Crippen LogP contribution in [-0.4, -0.2) is 14.1 Å². The predicted octanol–water partition coefficient (Wildman–Crippen LogP) is 11.8. The third-order valence-electron chi connectivity index (χ3n) is 11.4. The van der Waals surface area contributed by atoms with Crippen LogP contribution in [0.5, 0.6) is 11.5 Å². The molecule has 1 aliphatic heterocycles. The molecule has 0 atom stereocenters. The van der Waals surface area contributed by atoms with Crippen LogP contribution < -0.4 is 9.30 Å². The SMILES string of the molecule is Cc1cnc(-n2c3[c-]c(Oc4[c-]c(-n5[c-][n+]6c7c(cccc75)-c5ccccc5-c5ccccc5-c5ccccc5-6)ccc4)ccc3c3ccccc32)c(C)c1C.[Pt]. The molecule has 0 radical (unpaired) electrons. The smallest absolute Gasteiger partial charge is 0.268 e. The molecule has 6 heteroatoms. The Labute approximate surface area is 345 Å². The minimum Gasteiger partial charge on any atom is -0.510 e. The van der Waals surface area contributed by atoms with Crippen molar-refractivity contribution in [3.8, 4) is 62.1 Å². The maximum absolute atomic E-state index is 6.61. The van der Waals surface area contributed by atoms with Gasteiger partial charge in [-0.05, 0) is 94.0 Å². The number of aromatic nitrogens is 4. The van der Waals surface area contributed by atoms with Crippen LogP contribution >= 0.6 is 0 Å². The molecule has 0 N–H and O–H groups in total. The second-order valence-corrected chi connectivity index (χ2v) is 14.5. The van der Waals surface area contributed by atoms with Gasteiger partial charge in [0.15, 0.2) is 0 Å². The minimum absolute atomic E-state index is 0. The normalized spacial score (nSPS) is 11.6. The number of para-hydroxylation sites is 3. The Morgan fingerprint density at radius 2 is 1.16 bits per heavy atom. The summed E-state index contributed by atoms with van der Waals surface area (Å²) in [6, 6.07) is 58.3. The fourth-order valence-corrected chi connectivity index (χ4v) is 8.47. The summed E-state index contributed by atoms with van der Waals surface area (Å²) in [4.78, 5) is 4.93. The van der Waals surface area contributed by atoms with E-state index in [-0.39, 0.29) is 21.1 Å². The Kier molecular flexibility index (Phi) is 8.32. The van der Waals surface area contributed by atoms with E-state index in [0.29, 0.717) is 11.5 Å². The quantitative estimate of drug-likeness (QED) is 0.130. The van der Waals surface area contributed by atoms with Gasteiger partial charge in [0.05, 0.1) is 16.7 Å². The van der Waals surface area contributed by atoms with Crippen LogP contribution in [0.4, 0.5) is 0 Å². The standard InChI is InChI=1S/C51H34N4O.Pt/c1-32-30-52-51(34(3)33(32)2)55-47-24-11-9-21-43(47)44-27-26-37(29-49(44)55)56-36-15-12-14-35(28-36)53-31-54-46-23-10-8-20-42(46)40-18-6-4-16-38(40)39-17-5-7-19-41(39)45-22-13-25-48(53)50(45)54;/h4-27,30H,1-3H3;/q-2;. The summed E-state index contributed by atoms with van der Waals surface area (Å²) in [5.74, 6) is 2.08. The van der Waals surface area contributed by atoms with Crippen molar-refractivity contribution in [3.63, 3.8) is 0 Å². The first-order valence-corrected chi connectivity index (χ1v) is 18.9. The molecular weight excluding hydrogens is 880 g/mol. The number of pyridine rings is 1. The van der Waals surface area contributed by atoms with Crippen LogP contribution in [0.25, 0.3) is 83.4 Å². The van der Waals surface area contributed by atoms with Gasteiger partial charge in [0.25, 0.3) is 6.33 Å². The van der Waals surface area contributed by atoms with E-state index in [4.69, 9.17) is 9.72 Å².